The van der Waals surface area contributed by atoms with Gasteiger partial charge in [-0.05, 0) is 37.1 Å². The van der Waals surface area contributed by atoms with Crippen LogP contribution in [0.3, 0.4) is 0 Å². The van der Waals surface area contributed by atoms with Crippen LogP contribution >= 0.6 is 0 Å². The standard InChI is InChI=1S/C31H42N6O5/c1-22(32-5)28(39)35-27(31(2,3)4)29(40)34-19-26(38)37-18-17-36(16-14-24-13-9-10-15-33-24)30(41)25(37)21-42-20-23-11-7-6-8-12-23/h6-13,15,17-18,22,25,27,32H,14,16,19-21H2,1-5H3,(H,34,40)(H,35,39)/t22-,25-,27+/m0/s1. The van der Waals surface area contributed by atoms with Crippen LogP contribution in [-0.2, 0) is 36.9 Å². The summed E-state index contributed by atoms with van der Waals surface area (Å²) in [5, 5.41) is 8.26. The number of amides is 4. The monoisotopic (exact) mass is 578 g/mol. The minimum atomic E-state index is -0.915. The van der Waals surface area contributed by atoms with Crippen molar-refractivity contribution >= 4 is 23.6 Å². The van der Waals surface area contributed by atoms with E-state index in [0.29, 0.717) is 13.0 Å². The number of ether oxygens (including phenoxy) is 1. The van der Waals surface area contributed by atoms with Gasteiger partial charge in [0.15, 0.2) is 0 Å². The molecule has 11 nitrogen and oxygen atoms in total. The van der Waals surface area contributed by atoms with Crippen molar-refractivity contribution in [3.63, 3.8) is 0 Å². The Morgan fingerprint density at radius 1 is 1.02 bits per heavy atom. The lowest BCUT2D eigenvalue weighted by atomic mass is 9.86. The summed E-state index contributed by atoms with van der Waals surface area (Å²) < 4.78 is 5.88. The molecule has 0 unspecified atom stereocenters. The zero-order chi connectivity index (χ0) is 30.7. The molecule has 3 N–H and O–H groups in total. The van der Waals surface area contributed by atoms with E-state index in [4.69, 9.17) is 4.74 Å². The van der Waals surface area contributed by atoms with Crippen molar-refractivity contribution in [3.8, 4) is 0 Å². The first-order valence-corrected chi connectivity index (χ1v) is 14.1. The van der Waals surface area contributed by atoms with Crippen molar-refractivity contribution in [3.05, 3.63) is 78.4 Å². The number of nitrogens with zero attached hydrogens (tertiary/aromatic N) is 3. The van der Waals surface area contributed by atoms with Gasteiger partial charge in [0.25, 0.3) is 5.91 Å². The second kappa shape index (κ2) is 15.2. The lowest BCUT2D eigenvalue weighted by Gasteiger charge is -2.36. The Bertz CT molecular complexity index is 1230. The lowest BCUT2D eigenvalue weighted by Crippen LogP contribution is -2.58. The quantitative estimate of drug-likeness (QED) is 0.329. The molecule has 0 bridgehead atoms. The van der Waals surface area contributed by atoms with Crippen LogP contribution in [0.4, 0.5) is 0 Å². The van der Waals surface area contributed by atoms with Gasteiger partial charge in [0.2, 0.25) is 17.7 Å². The molecule has 1 aliphatic rings. The topological polar surface area (TPSA) is 133 Å². The maximum Gasteiger partial charge on any atom is 0.252 e. The fourth-order valence-corrected chi connectivity index (χ4v) is 4.31. The van der Waals surface area contributed by atoms with Crippen LogP contribution in [0, 0.1) is 5.41 Å². The van der Waals surface area contributed by atoms with E-state index >= 15 is 0 Å². The van der Waals surface area contributed by atoms with Crippen LogP contribution in [0.15, 0.2) is 67.1 Å². The summed E-state index contributed by atoms with van der Waals surface area (Å²) >= 11 is 0. The van der Waals surface area contributed by atoms with Crippen LogP contribution in [0.2, 0.25) is 0 Å². The Hall–Kier alpha value is -4.09. The van der Waals surface area contributed by atoms with Crippen LogP contribution in [-0.4, -0.2) is 83.3 Å². The van der Waals surface area contributed by atoms with Crippen molar-refractivity contribution in [2.45, 2.75) is 58.8 Å². The van der Waals surface area contributed by atoms with Crippen molar-refractivity contribution in [2.24, 2.45) is 5.41 Å². The average molecular weight is 579 g/mol. The summed E-state index contributed by atoms with van der Waals surface area (Å²) in [6.07, 6.45) is 5.36. The van der Waals surface area contributed by atoms with Gasteiger partial charge in [-0.2, -0.15) is 0 Å². The number of nitrogens with one attached hydrogen (secondary N) is 3. The second-order valence-electron chi connectivity index (χ2n) is 11.3. The lowest BCUT2D eigenvalue weighted by molar-refractivity contribution is -0.146. The van der Waals surface area contributed by atoms with E-state index in [9.17, 15) is 19.2 Å². The van der Waals surface area contributed by atoms with Gasteiger partial charge in [-0.15, -0.1) is 0 Å². The molecule has 0 saturated carbocycles. The van der Waals surface area contributed by atoms with Crippen LogP contribution in [0.5, 0.6) is 0 Å². The largest absolute Gasteiger partial charge is 0.374 e. The van der Waals surface area contributed by atoms with Gasteiger partial charge in [-0.3, -0.25) is 24.2 Å². The first-order chi connectivity index (χ1) is 20.0. The molecule has 2 aromatic rings. The van der Waals surface area contributed by atoms with Gasteiger partial charge in [-0.1, -0.05) is 57.2 Å². The molecule has 0 aliphatic carbocycles. The van der Waals surface area contributed by atoms with Crippen molar-refractivity contribution < 1.29 is 23.9 Å². The highest BCUT2D eigenvalue weighted by Crippen LogP contribution is 2.20. The average Bonchev–Trinajstić information content (AvgIpc) is 2.98. The molecule has 1 aromatic heterocycles. The minimum absolute atomic E-state index is 0.0274. The number of hydrogen-bond donors (Lipinski definition) is 3. The molecule has 1 aliphatic heterocycles. The summed E-state index contributed by atoms with van der Waals surface area (Å²) in [4.78, 5) is 59.7. The van der Waals surface area contributed by atoms with E-state index in [1.165, 1.54) is 4.90 Å². The molecule has 3 atom stereocenters. The maximum atomic E-state index is 13.5. The number of carbonyl (C=O) groups is 4. The molecule has 2 heterocycles. The summed E-state index contributed by atoms with van der Waals surface area (Å²) in [5.41, 5.74) is 1.18. The van der Waals surface area contributed by atoms with Crippen LogP contribution < -0.4 is 16.0 Å². The number of carbonyl (C=O) groups excluding carboxylic acids is 4. The molecular formula is C31H42N6O5. The summed E-state index contributed by atoms with van der Waals surface area (Å²) in [7, 11) is 1.65. The van der Waals surface area contributed by atoms with E-state index < -0.39 is 35.4 Å². The van der Waals surface area contributed by atoms with E-state index in [1.807, 2.05) is 69.3 Å². The smallest absolute Gasteiger partial charge is 0.252 e. The molecule has 0 spiro atoms. The van der Waals surface area contributed by atoms with E-state index in [2.05, 4.69) is 20.9 Å². The first kappa shape index (κ1) is 32.4. The van der Waals surface area contributed by atoms with Gasteiger partial charge in [0.05, 0.1) is 25.8 Å². The fourth-order valence-electron chi connectivity index (χ4n) is 4.31. The Balaban J connectivity index is 1.70. The number of aromatic nitrogens is 1. The third kappa shape index (κ3) is 9.22. The highest BCUT2D eigenvalue weighted by atomic mass is 16.5. The molecular weight excluding hydrogens is 536 g/mol. The summed E-state index contributed by atoms with van der Waals surface area (Å²) in [5.74, 6) is -1.59. The summed E-state index contributed by atoms with van der Waals surface area (Å²) in [6.45, 7) is 7.45. The number of pyridine rings is 1. The number of benzene rings is 1. The zero-order valence-corrected chi connectivity index (χ0v) is 25.0. The normalized spacial score (nSPS) is 16.6. The minimum Gasteiger partial charge on any atom is -0.374 e. The molecule has 11 heteroatoms. The molecule has 3 rings (SSSR count). The van der Waals surface area contributed by atoms with Gasteiger partial charge >= 0.3 is 0 Å². The van der Waals surface area contributed by atoms with Crippen LogP contribution in [0.25, 0.3) is 0 Å². The number of hydrogen-bond acceptors (Lipinski definition) is 7. The van der Waals surface area contributed by atoms with Crippen LogP contribution in [0.1, 0.15) is 39.0 Å². The van der Waals surface area contributed by atoms with E-state index in [0.717, 1.165) is 11.3 Å². The SMILES string of the molecule is CN[C@@H](C)C(=O)N[C@H](C(=O)NCC(=O)N1C=CN(CCc2ccccn2)C(=O)[C@@H]1COCc1ccccc1)C(C)(C)C. The second-order valence-corrected chi connectivity index (χ2v) is 11.3. The van der Waals surface area contributed by atoms with Crippen molar-refractivity contribution in [1.82, 2.24) is 30.7 Å². The van der Waals surface area contributed by atoms with Gasteiger partial charge in [0.1, 0.15) is 12.1 Å². The van der Waals surface area contributed by atoms with Crippen molar-refractivity contribution in [2.75, 3.05) is 26.7 Å². The third-order valence-electron chi connectivity index (χ3n) is 6.98. The Morgan fingerprint density at radius 2 is 1.74 bits per heavy atom. The van der Waals surface area contributed by atoms with Gasteiger partial charge in [0, 0.05) is 37.3 Å². The molecule has 226 valence electrons. The fraction of sp³-hybridized carbons (Fsp3) is 0.452. The number of likely N-dealkylation sites (N-methyl/N-ethyl adjacent to an activating group) is 1. The molecule has 0 fully saturated rings. The van der Waals surface area contributed by atoms with E-state index in [-0.39, 0.29) is 31.6 Å². The molecule has 4 amide bonds. The molecule has 1 aromatic carbocycles. The predicted molar refractivity (Wildman–Crippen MR) is 158 cm³/mol. The number of rotatable bonds is 13. The Labute approximate surface area is 247 Å². The highest BCUT2D eigenvalue weighted by molar-refractivity contribution is 5.94. The maximum absolute atomic E-state index is 13.5. The predicted octanol–water partition coefficient (Wildman–Crippen LogP) is 1.61. The molecule has 42 heavy (non-hydrogen) atoms. The first-order valence-electron chi connectivity index (χ1n) is 14.1. The van der Waals surface area contributed by atoms with Gasteiger partial charge in [-0.25, -0.2) is 0 Å². The highest BCUT2D eigenvalue weighted by Gasteiger charge is 2.37. The van der Waals surface area contributed by atoms with Crippen molar-refractivity contribution in [1.29, 1.82) is 0 Å². The summed E-state index contributed by atoms with van der Waals surface area (Å²) in [6, 6.07) is 12.9. The van der Waals surface area contributed by atoms with Gasteiger partial charge < -0.3 is 30.5 Å². The Kier molecular flexibility index (Phi) is 11.8. The zero-order valence-electron chi connectivity index (χ0n) is 25.0. The Morgan fingerprint density at radius 3 is 2.38 bits per heavy atom. The molecule has 0 saturated heterocycles. The van der Waals surface area contributed by atoms with E-state index in [1.54, 1.807) is 37.5 Å². The third-order valence-corrected chi connectivity index (χ3v) is 6.98. The molecule has 0 radical (unpaired) electrons.